The van der Waals surface area contributed by atoms with Gasteiger partial charge in [0.2, 0.25) is 0 Å². The van der Waals surface area contributed by atoms with Gasteiger partial charge in [-0.15, -0.1) is 0 Å². The van der Waals surface area contributed by atoms with Gasteiger partial charge in [-0.3, -0.25) is 14.4 Å². The van der Waals surface area contributed by atoms with Gasteiger partial charge in [-0.25, -0.2) is 0 Å². The molecule has 0 radical (unpaired) electrons. The quantitative estimate of drug-likeness (QED) is 0.138. The van der Waals surface area contributed by atoms with Crippen molar-refractivity contribution in [1.82, 2.24) is 5.32 Å². The molecule has 1 aliphatic heterocycles. The van der Waals surface area contributed by atoms with Crippen LogP contribution in [0.3, 0.4) is 0 Å². The van der Waals surface area contributed by atoms with Gasteiger partial charge in [-0.2, -0.15) is 0 Å². The van der Waals surface area contributed by atoms with Crippen LogP contribution in [-0.2, 0) is 32.3 Å². The zero-order valence-electron chi connectivity index (χ0n) is 26.8. The van der Waals surface area contributed by atoms with Crippen molar-refractivity contribution in [2.75, 3.05) is 6.54 Å². The van der Waals surface area contributed by atoms with Crippen LogP contribution >= 0.6 is 0 Å². The van der Waals surface area contributed by atoms with Crippen molar-refractivity contribution in [3.05, 3.63) is 68.6 Å². The molecule has 2 aliphatic rings. The third-order valence-electron chi connectivity index (χ3n) is 8.58. The molecule has 8 nitrogen and oxygen atoms in total. The first-order valence-corrected chi connectivity index (χ1v) is 14.6. The van der Waals surface area contributed by atoms with Gasteiger partial charge in [0, 0.05) is 23.9 Å². The maximum Gasteiger partial charge on any atom is 0.194 e. The van der Waals surface area contributed by atoms with Crippen molar-refractivity contribution in [2.24, 2.45) is 0 Å². The topological polar surface area (TPSA) is 133 Å². The fraction of sp³-hybridized carbons (Fsp3) is 0.457. The Morgan fingerprint density at radius 1 is 0.930 bits per heavy atom. The first kappa shape index (κ1) is 31.9. The molecule has 1 aliphatic carbocycles. The lowest BCUT2D eigenvalue weighted by Crippen LogP contribution is -2.41. The van der Waals surface area contributed by atoms with Gasteiger partial charge in [0.15, 0.2) is 17.3 Å². The van der Waals surface area contributed by atoms with Crippen LogP contribution in [0.1, 0.15) is 107 Å². The van der Waals surface area contributed by atoms with E-state index in [1.54, 1.807) is 13.8 Å². The molecule has 0 saturated carbocycles. The van der Waals surface area contributed by atoms with Gasteiger partial charge >= 0.3 is 0 Å². The highest BCUT2D eigenvalue weighted by Crippen LogP contribution is 2.57. The zero-order chi connectivity index (χ0) is 32.4. The maximum atomic E-state index is 14.0. The summed E-state index contributed by atoms with van der Waals surface area (Å²) in [6, 6.07) is 4.10. The molecule has 1 heterocycles. The molecule has 230 valence electrons. The second-order valence-electron chi connectivity index (χ2n) is 14.0. The molecule has 0 unspecified atom stereocenters. The molecule has 2 aromatic carbocycles. The smallest absolute Gasteiger partial charge is 0.194 e. The molecule has 0 amide bonds. The van der Waals surface area contributed by atoms with Crippen LogP contribution in [0.5, 0.6) is 23.0 Å². The Kier molecular flexibility index (Phi) is 7.84. The molecule has 0 fully saturated rings. The number of allylic oxidation sites excluding steroid dienone is 4. The van der Waals surface area contributed by atoms with Crippen molar-refractivity contribution in [1.29, 1.82) is 0 Å². The molecule has 4 rings (SSSR count). The van der Waals surface area contributed by atoms with E-state index in [-0.39, 0.29) is 50.4 Å². The van der Waals surface area contributed by atoms with Crippen LogP contribution in [-0.4, -0.2) is 39.2 Å². The number of carbonyl (C=O) groups is 3. The summed E-state index contributed by atoms with van der Waals surface area (Å²) < 4.78 is 5.83. The Balaban J connectivity index is 1.62. The number of fused-ring (bicyclic) bond motifs is 3. The first-order valence-electron chi connectivity index (χ1n) is 14.6. The van der Waals surface area contributed by atoms with E-state index in [0.29, 0.717) is 24.4 Å². The molecule has 4 N–H and O–H groups in total. The third kappa shape index (κ3) is 5.21. The van der Waals surface area contributed by atoms with Gasteiger partial charge in [-0.1, -0.05) is 53.7 Å². The van der Waals surface area contributed by atoms with E-state index in [2.05, 4.69) is 59.0 Å². The molecule has 1 atom stereocenters. The number of phenols is 3. The molecule has 0 aromatic heterocycles. The summed E-state index contributed by atoms with van der Waals surface area (Å²) in [7, 11) is 0. The van der Waals surface area contributed by atoms with E-state index < -0.39 is 28.5 Å². The summed E-state index contributed by atoms with van der Waals surface area (Å²) in [5.41, 5.74) is 1.21. The fourth-order valence-electron chi connectivity index (χ4n) is 6.00. The number of carbonyl (C=O) groups excluding carboxylic acids is 3. The van der Waals surface area contributed by atoms with E-state index >= 15 is 0 Å². The first-order chi connectivity index (χ1) is 19.7. The molecule has 8 heteroatoms. The highest BCUT2D eigenvalue weighted by Gasteiger charge is 2.56. The fourth-order valence-corrected chi connectivity index (χ4v) is 6.00. The van der Waals surface area contributed by atoms with Gasteiger partial charge in [0.1, 0.15) is 39.7 Å². The SMILES string of the molecule is CC(=O)c1c(O)c(C)c(O)c2c1OC1=CC(=O)/C(=C(/C)NCCCc3cc(C(C)(C)C)c(O)c(C(C)(C)C)c3)C(=O)[C@@]12C. The number of nitrogens with one attached hydrogen (secondary N) is 1. The molecule has 2 aromatic rings. The highest BCUT2D eigenvalue weighted by molar-refractivity contribution is 6.31. The van der Waals surface area contributed by atoms with E-state index in [9.17, 15) is 29.7 Å². The lowest BCUT2D eigenvalue weighted by atomic mass is 9.70. The average Bonchev–Trinajstić information content (AvgIpc) is 3.17. The highest BCUT2D eigenvalue weighted by atomic mass is 16.5. The lowest BCUT2D eigenvalue weighted by molar-refractivity contribution is -0.123. The minimum absolute atomic E-state index is 0.00786. The predicted octanol–water partition coefficient (Wildman–Crippen LogP) is 6.09. The number of hydrogen-bond acceptors (Lipinski definition) is 8. The second kappa shape index (κ2) is 10.6. The summed E-state index contributed by atoms with van der Waals surface area (Å²) in [5.74, 6) is -2.13. The number of rotatable bonds is 6. The van der Waals surface area contributed by atoms with Crippen LogP contribution < -0.4 is 10.1 Å². The van der Waals surface area contributed by atoms with Crippen molar-refractivity contribution >= 4 is 17.3 Å². The molecule has 0 spiro atoms. The predicted molar refractivity (Wildman–Crippen MR) is 165 cm³/mol. The monoisotopic (exact) mass is 589 g/mol. The minimum Gasteiger partial charge on any atom is -0.507 e. The Bertz CT molecular complexity index is 1590. The Morgan fingerprint density at radius 2 is 1.49 bits per heavy atom. The number of benzene rings is 2. The number of aromatic hydroxyl groups is 3. The standard InChI is InChI=1S/C35H43NO7/c1-17-28(39)26(19(3)37)31-27(29(17)40)35(10)24(43-31)16-23(38)25(32(35)42)18(2)36-13-11-12-20-14-21(33(4,5)6)30(41)22(15-20)34(7,8)9/h14-16,36,39-41H,11-13H2,1-10H3/b25-18+/t35-/m0/s1. The number of aryl methyl sites for hydroxylation is 1. The number of ether oxygens (including phenoxy) is 1. The molecular formula is C35H43NO7. The normalized spacial score (nSPS) is 19.4. The Hall–Kier alpha value is -4.07. The number of Topliss-reactive ketones (excluding diaryl/α,β-unsaturated/α-hetero) is 2. The van der Waals surface area contributed by atoms with Crippen molar-refractivity contribution < 1.29 is 34.4 Å². The minimum atomic E-state index is -1.55. The maximum absolute atomic E-state index is 14.0. The average molecular weight is 590 g/mol. The molecular weight excluding hydrogens is 546 g/mol. The summed E-state index contributed by atoms with van der Waals surface area (Å²) in [6.07, 6.45) is 2.64. The summed E-state index contributed by atoms with van der Waals surface area (Å²) in [6.45, 7) is 18.9. The Labute approximate surface area is 253 Å². The summed E-state index contributed by atoms with van der Waals surface area (Å²) in [5, 5.41) is 35.8. The van der Waals surface area contributed by atoms with Gasteiger partial charge in [0.05, 0.1) is 11.1 Å². The zero-order valence-corrected chi connectivity index (χ0v) is 26.8. The van der Waals surface area contributed by atoms with Crippen LogP contribution in [0, 0.1) is 6.92 Å². The number of ketones is 3. The number of hydrogen-bond donors (Lipinski definition) is 4. The van der Waals surface area contributed by atoms with Crippen molar-refractivity contribution in [3.63, 3.8) is 0 Å². The van der Waals surface area contributed by atoms with E-state index in [1.807, 2.05) is 0 Å². The third-order valence-corrected chi connectivity index (χ3v) is 8.58. The lowest BCUT2D eigenvalue weighted by Gasteiger charge is -2.29. The Morgan fingerprint density at radius 3 is 2.00 bits per heavy atom. The largest absolute Gasteiger partial charge is 0.507 e. The van der Waals surface area contributed by atoms with Crippen LogP contribution in [0.15, 0.2) is 35.2 Å². The van der Waals surface area contributed by atoms with Gasteiger partial charge < -0.3 is 25.4 Å². The van der Waals surface area contributed by atoms with E-state index in [0.717, 1.165) is 23.1 Å². The van der Waals surface area contributed by atoms with Gasteiger partial charge in [-0.05, 0) is 68.1 Å². The number of phenolic OH excluding ortho intramolecular Hbond substituents is 3. The van der Waals surface area contributed by atoms with Crippen LogP contribution in [0.4, 0.5) is 0 Å². The van der Waals surface area contributed by atoms with Crippen LogP contribution in [0.2, 0.25) is 0 Å². The molecule has 0 saturated heterocycles. The van der Waals surface area contributed by atoms with Crippen molar-refractivity contribution in [2.45, 2.75) is 98.3 Å². The van der Waals surface area contributed by atoms with Gasteiger partial charge in [0.25, 0.3) is 0 Å². The second-order valence-corrected chi connectivity index (χ2v) is 14.0. The molecule has 43 heavy (non-hydrogen) atoms. The molecule has 0 bridgehead atoms. The summed E-state index contributed by atoms with van der Waals surface area (Å²) >= 11 is 0. The van der Waals surface area contributed by atoms with Crippen LogP contribution in [0.25, 0.3) is 0 Å². The van der Waals surface area contributed by atoms with E-state index in [4.69, 9.17) is 4.74 Å². The summed E-state index contributed by atoms with van der Waals surface area (Å²) in [4.78, 5) is 39.6. The van der Waals surface area contributed by atoms with Crippen molar-refractivity contribution in [3.8, 4) is 23.0 Å². The van der Waals surface area contributed by atoms with E-state index in [1.165, 1.54) is 19.9 Å².